The van der Waals surface area contributed by atoms with E-state index in [0.29, 0.717) is 0 Å². The summed E-state index contributed by atoms with van der Waals surface area (Å²) in [5, 5.41) is 5.91. The van der Waals surface area contributed by atoms with Crippen molar-refractivity contribution < 1.29 is 18.0 Å². The third-order valence-corrected chi connectivity index (χ3v) is 5.12. The van der Waals surface area contributed by atoms with Crippen LogP contribution in [-0.4, -0.2) is 33.8 Å². The van der Waals surface area contributed by atoms with Crippen LogP contribution in [0.15, 0.2) is 48.8 Å². The molecule has 2 aromatic heterocycles. The van der Waals surface area contributed by atoms with Gasteiger partial charge in [-0.3, -0.25) is 4.79 Å². The molecule has 3 aromatic rings. The Morgan fingerprint density at radius 2 is 1.87 bits per heavy atom. The number of carbonyl (C=O) groups is 1. The minimum absolute atomic E-state index is 0.113. The standard InChI is InChI=1S/C21H21F3N6O/c22-21(23,24)19-17(13-30(28-19)18-6-2-3-9-26-18)27-20(31)15-12-14(7-8-16(15)25)29-10-4-1-5-11-29/h2-3,6-9,12-13H,1,4-5,10-11,25H2,(H,27,31). The number of halogens is 3. The molecule has 3 heterocycles. The number of nitrogens with two attached hydrogens (primary N) is 1. The van der Waals surface area contributed by atoms with Crippen LogP contribution in [0.1, 0.15) is 35.3 Å². The Kier molecular flexibility index (Phi) is 5.53. The molecule has 0 unspecified atom stereocenters. The Bertz CT molecular complexity index is 1070. The fourth-order valence-corrected chi connectivity index (χ4v) is 3.56. The molecule has 1 aliphatic heterocycles. The van der Waals surface area contributed by atoms with Crippen molar-refractivity contribution in [3.8, 4) is 5.82 Å². The molecule has 3 N–H and O–H groups in total. The summed E-state index contributed by atoms with van der Waals surface area (Å²) < 4.78 is 41.6. The quantitative estimate of drug-likeness (QED) is 0.608. The lowest BCUT2D eigenvalue weighted by Crippen LogP contribution is -2.29. The van der Waals surface area contributed by atoms with Gasteiger partial charge in [0.1, 0.15) is 0 Å². The molecule has 1 fully saturated rings. The molecule has 31 heavy (non-hydrogen) atoms. The number of alkyl halides is 3. The molecular formula is C21H21F3N6O. The maximum atomic E-state index is 13.5. The van der Waals surface area contributed by atoms with Crippen LogP contribution in [0.5, 0.6) is 0 Å². The normalized spacial score (nSPS) is 14.5. The molecule has 0 bridgehead atoms. The van der Waals surface area contributed by atoms with Crippen molar-refractivity contribution in [2.75, 3.05) is 29.0 Å². The molecule has 7 nitrogen and oxygen atoms in total. The highest BCUT2D eigenvalue weighted by atomic mass is 19.4. The number of hydrogen-bond donors (Lipinski definition) is 2. The Labute approximate surface area is 176 Å². The first-order chi connectivity index (χ1) is 14.8. The lowest BCUT2D eigenvalue weighted by atomic mass is 10.1. The molecule has 1 amide bonds. The zero-order valence-corrected chi connectivity index (χ0v) is 16.6. The number of hydrogen-bond acceptors (Lipinski definition) is 5. The summed E-state index contributed by atoms with van der Waals surface area (Å²) in [7, 11) is 0. The predicted octanol–water partition coefficient (Wildman–Crippen LogP) is 4.11. The van der Waals surface area contributed by atoms with Crippen LogP contribution in [0.2, 0.25) is 0 Å². The van der Waals surface area contributed by atoms with Crippen molar-refractivity contribution in [1.29, 1.82) is 0 Å². The second kappa shape index (κ2) is 8.29. The van der Waals surface area contributed by atoms with E-state index in [0.717, 1.165) is 48.9 Å². The first kappa shape index (κ1) is 20.7. The fourth-order valence-electron chi connectivity index (χ4n) is 3.56. The summed E-state index contributed by atoms with van der Waals surface area (Å²) in [6, 6.07) is 9.81. The van der Waals surface area contributed by atoms with E-state index in [1.165, 1.54) is 12.3 Å². The van der Waals surface area contributed by atoms with Crippen LogP contribution in [-0.2, 0) is 6.18 Å². The maximum Gasteiger partial charge on any atom is 0.437 e. The Hall–Kier alpha value is -3.56. The van der Waals surface area contributed by atoms with E-state index < -0.39 is 23.5 Å². The summed E-state index contributed by atoms with van der Waals surface area (Å²) in [4.78, 5) is 19.0. The summed E-state index contributed by atoms with van der Waals surface area (Å²) in [5.41, 5.74) is 5.40. The molecule has 1 aliphatic rings. The van der Waals surface area contributed by atoms with Gasteiger partial charge in [0, 0.05) is 30.7 Å². The number of rotatable bonds is 4. The molecule has 0 saturated carbocycles. The molecule has 1 aromatic carbocycles. The van der Waals surface area contributed by atoms with Gasteiger partial charge in [0.05, 0.1) is 17.4 Å². The van der Waals surface area contributed by atoms with E-state index in [2.05, 4.69) is 20.3 Å². The number of nitrogens with zero attached hydrogens (tertiary/aromatic N) is 4. The number of nitrogen functional groups attached to an aromatic ring is 1. The molecule has 0 aliphatic carbocycles. The lowest BCUT2D eigenvalue weighted by molar-refractivity contribution is -0.140. The smallest absolute Gasteiger partial charge is 0.398 e. The van der Waals surface area contributed by atoms with Gasteiger partial charge in [-0.05, 0) is 49.6 Å². The third kappa shape index (κ3) is 4.47. The van der Waals surface area contributed by atoms with Crippen LogP contribution < -0.4 is 16.0 Å². The second-order valence-electron chi connectivity index (χ2n) is 7.30. The van der Waals surface area contributed by atoms with E-state index in [9.17, 15) is 18.0 Å². The Morgan fingerprint density at radius 1 is 1.10 bits per heavy atom. The van der Waals surface area contributed by atoms with Crippen molar-refractivity contribution in [1.82, 2.24) is 14.8 Å². The molecular weight excluding hydrogens is 409 g/mol. The van der Waals surface area contributed by atoms with E-state index in [-0.39, 0.29) is 17.1 Å². The van der Waals surface area contributed by atoms with Gasteiger partial charge in [-0.15, -0.1) is 0 Å². The van der Waals surface area contributed by atoms with Gasteiger partial charge in [-0.1, -0.05) is 6.07 Å². The monoisotopic (exact) mass is 430 g/mol. The number of aromatic nitrogens is 3. The van der Waals surface area contributed by atoms with E-state index in [1.807, 2.05) is 6.07 Å². The SMILES string of the molecule is Nc1ccc(N2CCCCC2)cc1C(=O)Nc1cn(-c2ccccn2)nc1C(F)(F)F. The van der Waals surface area contributed by atoms with Crippen molar-refractivity contribution >= 4 is 23.0 Å². The van der Waals surface area contributed by atoms with Gasteiger partial charge >= 0.3 is 6.18 Å². The lowest BCUT2D eigenvalue weighted by Gasteiger charge is -2.29. The van der Waals surface area contributed by atoms with Gasteiger partial charge in [0.2, 0.25) is 0 Å². The van der Waals surface area contributed by atoms with Crippen molar-refractivity contribution in [3.05, 3.63) is 60.0 Å². The van der Waals surface area contributed by atoms with E-state index in [4.69, 9.17) is 5.73 Å². The zero-order chi connectivity index (χ0) is 22.0. The van der Waals surface area contributed by atoms with Gasteiger partial charge in [-0.2, -0.15) is 18.3 Å². The number of amides is 1. The first-order valence-electron chi connectivity index (χ1n) is 9.87. The molecule has 10 heteroatoms. The van der Waals surface area contributed by atoms with Gasteiger partial charge in [0.25, 0.3) is 5.91 Å². The minimum atomic E-state index is -4.76. The highest BCUT2D eigenvalue weighted by Crippen LogP contribution is 2.35. The average Bonchev–Trinajstić information content (AvgIpc) is 3.19. The molecule has 0 atom stereocenters. The summed E-state index contributed by atoms with van der Waals surface area (Å²) >= 11 is 0. The minimum Gasteiger partial charge on any atom is -0.398 e. The predicted molar refractivity (Wildman–Crippen MR) is 111 cm³/mol. The van der Waals surface area contributed by atoms with Crippen LogP contribution in [0, 0.1) is 0 Å². The Morgan fingerprint density at radius 3 is 2.55 bits per heavy atom. The van der Waals surface area contributed by atoms with Gasteiger partial charge in [-0.25, -0.2) is 9.67 Å². The first-order valence-corrected chi connectivity index (χ1v) is 9.87. The summed E-state index contributed by atoms with van der Waals surface area (Å²) in [6.07, 6.45) is 1.02. The number of piperidine rings is 1. The van der Waals surface area contributed by atoms with Crippen LogP contribution in [0.4, 0.5) is 30.2 Å². The van der Waals surface area contributed by atoms with E-state index >= 15 is 0 Å². The number of nitrogens with one attached hydrogen (secondary N) is 1. The summed E-state index contributed by atoms with van der Waals surface area (Å²) in [5.74, 6) is -0.539. The molecule has 1 saturated heterocycles. The van der Waals surface area contributed by atoms with Crippen LogP contribution in [0.3, 0.4) is 0 Å². The number of anilines is 3. The van der Waals surface area contributed by atoms with Crippen molar-refractivity contribution in [3.63, 3.8) is 0 Å². The molecule has 0 radical (unpaired) electrons. The van der Waals surface area contributed by atoms with Gasteiger partial charge in [0.15, 0.2) is 11.5 Å². The highest BCUT2D eigenvalue weighted by molar-refractivity contribution is 6.08. The zero-order valence-electron chi connectivity index (χ0n) is 16.6. The number of pyridine rings is 1. The molecule has 0 spiro atoms. The van der Waals surface area contributed by atoms with Crippen LogP contribution in [0.25, 0.3) is 5.82 Å². The summed E-state index contributed by atoms with van der Waals surface area (Å²) in [6.45, 7) is 1.72. The van der Waals surface area contributed by atoms with E-state index in [1.54, 1.807) is 24.3 Å². The third-order valence-electron chi connectivity index (χ3n) is 5.12. The number of benzene rings is 1. The number of carbonyl (C=O) groups excluding carboxylic acids is 1. The maximum absolute atomic E-state index is 13.5. The fraction of sp³-hybridized carbons (Fsp3) is 0.286. The van der Waals surface area contributed by atoms with Crippen molar-refractivity contribution in [2.24, 2.45) is 0 Å². The Balaban J connectivity index is 1.64. The average molecular weight is 430 g/mol. The van der Waals surface area contributed by atoms with Gasteiger partial charge < -0.3 is 16.0 Å². The second-order valence-corrected chi connectivity index (χ2v) is 7.30. The van der Waals surface area contributed by atoms with Crippen LogP contribution >= 0.6 is 0 Å². The van der Waals surface area contributed by atoms with Crippen molar-refractivity contribution in [2.45, 2.75) is 25.4 Å². The molecule has 4 rings (SSSR count). The highest BCUT2D eigenvalue weighted by Gasteiger charge is 2.38. The largest absolute Gasteiger partial charge is 0.437 e. The molecule has 162 valence electrons. The topological polar surface area (TPSA) is 89.1 Å².